The van der Waals surface area contributed by atoms with E-state index in [1.807, 2.05) is 30.3 Å². The summed E-state index contributed by atoms with van der Waals surface area (Å²) in [5, 5.41) is 9.52. The third-order valence-electron chi connectivity index (χ3n) is 4.81. The molecule has 0 amide bonds. The molecule has 0 N–H and O–H groups in total. The van der Waals surface area contributed by atoms with E-state index in [0.29, 0.717) is 36.2 Å². The predicted octanol–water partition coefficient (Wildman–Crippen LogP) is 3.89. The first-order valence-corrected chi connectivity index (χ1v) is 10.3. The molecule has 28 heavy (non-hydrogen) atoms. The molecule has 0 radical (unpaired) electrons. The van der Waals surface area contributed by atoms with Crippen molar-refractivity contribution in [3.05, 3.63) is 59.9 Å². The standard InChI is InChI=1S/C21H19N3O3S/c25-17(15-8-9-18-19(12-15)27-11-10-26-18)13-28-21-23-22-20(14-6-7-14)24(21)16-4-2-1-3-5-16/h1-5,8-9,12,14H,6-7,10-11,13H2. The van der Waals surface area contributed by atoms with Crippen LogP contribution in [-0.2, 0) is 0 Å². The van der Waals surface area contributed by atoms with Crippen molar-refractivity contribution in [2.24, 2.45) is 0 Å². The second-order valence-corrected chi connectivity index (χ2v) is 7.80. The molecular formula is C21H19N3O3S. The Morgan fingerprint density at radius 3 is 2.61 bits per heavy atom. The molecule has 7 heteroatoms. The van der Waals surface area contributed by atoms with E-state index in [4.69, 9.17) is 9.47 Å². The Hall–Kier alpha value is -2.80. The van der Waals surface area contributed by atoms with Gasteiger partial charge in [-0.3, -0.25) is 9.36 Å². The van der Waals surface area contributed by atoms with E-state index in [0.717, 1.165) is 29.5 Å². The van der Waals surface area contributed by atoms with E-state index in [1.165, 1.54) is 11.8 Å². The van der Waals surface area contributed by atoms with Crippen molar-refractivity contribution in [3.8, 4) is 17.2 Å². The molecule has 1 aliphatic heterocycles. The number of ether oxygens (including phenoxy) is 2. The minimum absolute atomic E-state index is 0.0255. The Balaban J connectivity index is 1.36. The maximum atomic E-state index is 12.7. The van der Waals surface area contributed by atoms with Gasteiger partial charge < -0.3 is 9.47 Å². The summed E-state index contributed by atoms with van der Waals surface area (Å²) in [7, 11) is 0. The number of fused-ring (bicyclic) bond motifs is 1. The number of para-hydroxylation sites is 1. The van der Waals surface area contributed by atoms with Gasteiger partial charge in [0.2, 0.25) is 0 Å². The number of carbonyl (C=O) groups excluding carboxylic acids is 1. The second-order valence-electron chi connectivity index (χ2n) is 6.86. The molecule has 2 heterocycles. The van der Waals surface area contributed by atoms with Crippen LogP contribution in [0.1, 0.15) is 34.9 Å². The van der Waals surface area contributed by atoms with Crippen molar-refractivity contribution in [2.45, 2.75) is 23.9 Å². The predicted molar refractivity (Wildman–Crippen MR) is 106 cm³/mol. The van der Waals surface area contributed by atoms with Crippen LogP contribution in [0.15, 0.2) is 53.7 Å². The quantitative estimate of drug-likeness (QED) is 0.468. The first-order chi connectivity index (χ1) is 13.8. The van der Waals surface area contributed by atoms with Crippen LogP contribution in [0.3, 0.4) is 0 Å². The van der Waals surface area contributed by atoms with E-state index in [9.17, 15) is 4.79 Å². The summed E-state index contributed by atoms with van der Waals surface area (Å²) in [4.78, 5) is 12.7. The van der Waals surface area contributed by atoms with Crippen LogP contribution in [0.5, 0.6) is 11.5 Å². The van der Waals surface area contributed by atoms with Crippen LogP contribution in [0.2, 0.25) is 0 Å². The highest BCUT2D eigenvalue weighted by atomic mass is 32.2. The molecular weight excluding hydrogens is 374 g/mol. The van der Waals surface area contributed by atoms with Gasteiger partial charge in [0.25, 0.3) is 0 Å². The van der Waals surface area contributed by atoms with Crippen molar-refractivity contribution in [2.75, 3.05) is 19.0 Å². The maximum absolute atomic E-state index is 12.7. The molecule has 1 fully saturated rings. The highest BCUT2D eigenvalue weighted by Crippen LogP contribution is 2.41. The van der Waals surface area contributed by atoms with E-state index in [1.54, 1.807) is 18.2 Å². The van der Waals surface area contributed by atoms with Gasteiger partial charge >= 0.3 is 0 Å². The molecule has 6 nitrogen and oxygen atoms in total. The van der Waals surface area contributed by atoms with Crippen molar-refractivity contribution < 1.29 is 14.3 Å². The summed E-state index contributed by atoms with van der Waals surface area (Å²) >= 11 is 1.42. The van der Waals surface area contributed by atoms with Gasteiger partial charge in [0.05, 0.1) is 5.75 Å². The first-order valence-electron chi connectivity index (χ1n) is 9.36. The lowest BCUT2D eigenvalue weighted by Crippen LogP contribution is -2.16. The fourth-order valence-corrected chi connectivity index (χ4v) is 4.08. The number of carbonyl (C=O) groups is 1. The Labute approximate surface area is 166 Å². The Bertz CT molecular complexity index is 1010. The third kappa shape index (κ3) is 3.38. The number of hydrogen-bond donors (Lipinski definition) is 0. The van der Waals surface area contributed by atoms with Gasteiger partial charge in [-0.2, -0.15) is 0 Å². The number of Topliss-reactive ketones (excluding diaryl/α,β-unsaturated/α-hetero) is 1. The fraction of sp³-hybridized carbons (Fsp3) is 0.286. The average Bonchev–Trinajstić information content (AvgIpc) is 3.51. The molecule has 0 atom stereocenters. The van der Waals surface area contributed by atoms with Crippen molar-refractivity contribution in [1.29, 1.82) is 0 Å². The third-order valence-corrected chi connectivity index (χ3v) is 5.74. The number of ketones is 1. The molecule has 3 aromatic rings. The fourth-order valence-electron chi connectivity index (χ4n) is 3.23. The molecule has 5 rings (SSSR count). The number of aromatic nitrogens is 3. The summed E-state index contributed by atoms with van der Waals surface area (Å²) in [6.45, 7) is 1.04. The highest BCUT2D eigenvalue weighted by molar-refractivity contribution is 7.99. The molecule has 2 aliphatic rings. The molecule has 0 saturated heterocycles. The van der Waals surface area contributed by atoms with Crippen molar-refractivity contribution in [1.82, 2.24) is 14.8 Å². The van der Waals surface area contributed by atoms with Gasteiger partial charge in [-0.25, -0.2) is 0 Å². The summed E-state index contributed by atoms with van der Waals surface area (Å²) < 4.78 is 13.2. The van der Waals surface area contributed by atoms with E-state index in [-0.39, 0.29) is 11.5 Å². The van der Waals surface area contributed by atoms with Gasteiger partial charge in [0.1, 0.15) is 19.0 Å². The lowest BCUT2D eigenvalue weighted by Gasteiger charge is -2.18. The summed E-state index contributed by atoms with van der Waals surface area (Å²) in [6, 6.07) is 15.4. The number of hydrogen-bond acceptors (Lipinski definition) is 6. The normalized spacial score (nSPS) is 15.4. The summed E-state index contributed by atoms with van der Waals surface area (Å²) in [5.41, 5.74) is 1.65. The molecule has 1 saturated carbocycles. The van der Waals surface area contributed by atoms with Gasteiger partial charge in [0, 0.05) is 17.2 Å². The largest absolute Gasteiger partial charge is 0.486 e. The van der Waals surface area contributed by atoms with E-state index >= 15 is 0 Å². The molecule has 0 unspecified atom stereocenters. The number of thioether (sulfide) groups is 1. The van der Waals surface area contributed by atoms with E-state index in [2.05, 4.69) is 14.8 Å². The van der Waals surface area contributed by atoms with Crippen LogP contribution in [0, 0.1) is 0 Å². The van der Waals surface area contributed by atoms with Crippen LogP contribution < -0.4 is 9.47 Å². The average molecular weight is 393 g/mol. The van der Waals surface area contributed by atoms with Crippen molar-refractivity contribution in [3.63, 3.8) is 0 Å². The lowest BCUT2D eigenvalue weighted by atomic mass is 10.1. The zero-order chi connectivity index (χ0) is 18.9. The topological polar surface area (TPSA) is 66.2 Å². The molecule has 142 valence electrons. The maximum Gasteiger partial charge on any atom is 0.196 e. The highest BCUT2D eigenvalue weighted by Gasteiger charge is 2.31. The zero-order valence-corrected chi connectivity index (χ0v) is 16.0. The minimum atomic E-state index is 0.0255. The van der Waals surface area contributed by atoms with E-state index < -0.39 is 0 Å². The SMILES string of the molecule is O=C(CSc1nnc(C2CC2)n1-c1ccccc1)c1ccc2c(c1)OCCO2. The second kappa shape index (κ2) is 7.31. The molecule has 2 aromatic carbocycles. The van der Waals surface area contributed by atoms with Gasteiger partial charge in [0.15, 0.2) is 22.4 Å². The summed E-state index contributed by atoms with van der Waals surface area (Å²) in [5.74, 6) is 3.09. The molecule has 1 aliphatic carbocycles. The zero-order valence-electron chi connectivity index (χ0n) is 15.2. The van der Waals surface area contributed by atoms with Crippen LogP contribution in [0.25, 0.3) is 5.69 Å². The lowest BCUT2D eigenvalue weighted by molar-refractivity contribution is 0.102. The first kappa shape index (κ1) is 17.3. The monoisotopic (exact) mass is 393 g/mol. The Morgan fingerprint density at radius 1 is 1.04 bits per heavy atom. The number of benzene rings is 2. The van der Waals surface area contributed by atoms with Crippen LogP contribution >= 0.6 is 11.8 Å². The van der Waals surface area contributed by atoms with Crippen LogP contribution in [-0.4, -0.2) is 39.5 Å². The number of rotatable bonds is 6. The smallest absolute Gasteiger partial charge is 0.196 e. The van der Waals surface area contributed by atoms with Gasteiger partial charge in [-0.1, -0.05) is 30.0 Å². The molecule has 1 aromatic heterocycles. The van der Waals surface area contributed by atoms with Gasteiger partial charge in [-0.15, -0.1) is 10.2 Å². The Kier molecular flexibility index (Phi) is 4.52. The Morgan fingerprint density at radius 2 is 1.82 bits per heavy atom. The van der Waals surface area contributed by atoms with Gasteiger partial charge in [-0.05, 0) is 43.2 Å². The van der Waals surface area contributed by atoms with Crippen molar-refractivity contribution >= 4 is 17.5 Å². The van der Waals surface area contributed by atoms with Crippen LogP contribution in [0.4, 0.5) is 0 Å². The molecule has 0 spiro atoms. The minimum Gasteiger partial charge on any atom is -0.486 e. The summed E-state index contributed by atoms with van der Waals surface area (Å²) in [6.07, 6.45) is 2.29. The number of nitrogens with zero attached hydrogens (tertiary/aromatic N) is 3. The molecule has 0 bridgehead atoms.